The van der Waals surface area contributed by atoms with Crippen LogP contribution >= 0.6 is 0 Å². The zero-order chi connectivity index (χ0) is 14.8. The van der Waals surface area contributed by atoms with E-state index in [9.17, 15) is 22.8 Å². The Morgan fingerprint density at radius 1 is 1.47 bits per heavy atom. The number of hydrogen-bond acceptors (Lipinski definition) is 3. The number of carbonyl (C=O) groups excluding carboxylic acids is 2. The standard InChI is InChI=1S/C11H16F3N3O2/c1-4-15-5-7(2)6-17-8(18)10(3,11(12,13)14)16-9(17)19/h15H,2,4-6H2,1,3H3,(H,16,19). The fourth-order valence-corrected chi connectivity index (χ4v) is 1.61. The Labute approximate surface area is 108 Å². The number of hydrogen-bond donors (Lipinski definition) is 2. The lowest BCUT2D eigenvalue weighted by Crippen LogP contribution is -2.56. The third-order valence-corrected chi connectivity index (χ3v) is 2.85. The maximum absolute atomic E-state index is 12.8. The van der Waals surface area contributed by atoms with E-state index in [4.69, 9.17) is 0 Å². The van der Waals surface area contributed by atoms with Gasteiger partial charge in [0.2, 0.25) is 5.54 Å². The first-order valence-electron chi connectivity index (χ1n) is 5.71. The van der Waals surface area contributed by atoms with Gasteiger partial charge in [0, 0.05) is 6.54 Å². The molecule has 1 rings (SSSR count). The zero-order valence-corrected chi connectivity index (χ0v) is 10.7. The Kier molecular flexibility index (Phi) is 4.24. The van der Waals surface area contributed by atoms with Gasteiger partial charge < -0.3 is 10.6 Å². The summed E-state index contributed by atoms with van der Waals surface area (Å²) in [6.07, 6.45) is -4.84. The predicted octanol–water partition coefficient (Wildman–Crippen LogP) is 1.02. The summed E-state index contributed by atoms with van der Waals surface area (Å²) in [5, 5.41) is 4.59. The molecule has 1 heterocycles. The minimum Gasteiger partial charge on any atom is -0.316 e. The quantitative estimate of drug-likeness (QED) is 0.583. The number of imide groups is 1. The molecule has 0 aromatic carbocycles. The van der Waals surface area contributed by atoms with Gasteiger partial charge in [0.1, 0.15) is 0 Å². The van der Waals surface area contributed by atoms with Crippen LogP contribution in [0.1, 0.15) is 13.8 Å². The van der Waals surface area contributed by atoms with Gasteiger partial charge >= 0.3 is 12.2 Å². The number of alkyl halides is 3. The Morgan fingerprint density at radius 3 is 2.47 bits per heavy atom. The number of rotatable bonds is 5. The molecule has 0 spiro atoms. The van der Waals surface area contributed by atoms with E-state index in [2.05, 4.69) is 11.9 Å². The van der Waals surface area contributed by atoms with Crippen molar-refractivity contribution >= 4 is 11.9 Å². The zero-order valence-electron chi connectivity index (χ0n) is 10.7. The van der Waals surface area contributed by atoms with Crippen molar-refractivity contribution in [3.05, 3.63) is 12.2 Å². The van der Waals surface area contributed by atoms with Crippen LogP contribution in [0.3, 0.4) is 0 Å². The lowest BCUT2D eigenvalue weighted by atomic mass is 10.0. The van der Waals surface area contributed by atoms with E-state index in [0.717, 1.165) is 0 Å². The molecule has 0 saturated carbocycles. The molecule has 0 radical (unpaired) electrons. The molecule has 8 heteroatoms. The maximum atomic E-state index is 12.8. The van der Waals surface area contributed by atoms with Crippen molar-refractivity contribution in [1.29, 1.82) is 0 Å². The first-order valence-corrected chi connectivity index (χ1v) is 5.71. The van der Waals surface area contributed by atoms with Crippen molar-refractivity contribution in [3.8, 4) is 0 Å². The second-order valence-electron chi connectivity index (χ2n) is 4.47. The summed E-state index contributed by atoms with van der Waals surface area (Å²) in [6, 6.07) is -1.05. The van der Waals surface area contributed by atoms with Crippen LogP contribution in [0.5, 0.6) is 0 Å². The molecular formula is C11H16F3N3O2. The SMILES string of the molecule is C=C(CNCC)CN1C(=O)NC(C)(C(F)(F)F)C1=O. The highest BCUT2D eigenvalue weighted by molar-refractivity contribution is 6.07. The number of carbonyl (C=O) groups is 2. The molecule has 1 aliphatic heterocycles. The molecule has 0 aliphatic carbocycles. The molecule has 5 nitrogen and oxygen atoms in total. The van der Waals surface area contributed by atoms with Crippen molar-refractivity contribution in [2.75, 3.05) is 19.6 Å². The highest BCUT2D eigenvalue weighted by Gasteiger charge is 2.64. The molecule has 2 N–H and O–H groups in total. The van der Waals surface area contributed by atoms with Gasteiger partial charge in [-0.05, 0) is 19.0 Å². The summed E-state index contributed by atoms with van der Waals surface area (Å²) < 4.78 is 38.4. The smallest absolute Gasteiger partial charge is 0.316 e. The Balaban J connectivity index is 2.80. The van der Waals surface area contributed by atoms with Crippen molar-refractivity contribution in [2.24, 2.45) is 0 Å². The Morgan fingerprint density at radius 2 is 2.05 bits per heavy atom. The van der Waals surface area contributed by atoms with E-state index in [0.29, 0.717) is 30.5 Å². The van der Waals surface area contributed by atoms with E-state index in [-0.39, 0.29) is 6.54 Å². The average Bonchev–Trinajstić information content (AvgIpc) is 2.50. The van der Waals surface area contributed by atoms with Crippen LogP contribution < -0.4 is 10.6 Å². The second kappa shape index (κ2) is 5.20. The molecule has 19 heavy (non-hydrogen) atoms. The highest BCUT2D eigenvalue weighted by Crippen LogP contribution is 2.35. The number of amides is 3. The van der Waals surface area contributed by atoms with Crippen LogP contribution in [-0.4, -0.2) is 48.2 Å². The van der Waals surface area contributed by atoms with Crippen LogP contribution in [0.2, 0.25) is 0 Å². The van der Waals surface area contributed by atoms with Crippen molar-refractivity contribution in [2.45, 2.75) is 25.6 Å². The molecule has 1 fully saturated rings. The number of halogens is 3. The van der Waals surface area contributed by atoms with Gasteiger partial charge in [-0.3, -0.25) is 9.69 Å². The normalized spacial score (nSPS) is 23.7. The van der Waals surface area contributed by atoms with Crippen molar-refractivity contribution in [3.63, 3.8) is 0 Å². The van der Waals surface area contributed by atoms with E-state index < -0.39 is 23.7 Å². The molecular weight excluding hydrogens is 263 g/mol. The summed E-state index contributed by atoms with van der Waals surface area (Å²) in [4.78, 5) is 23.8. The van der Waals surface area contributed by atoms with E-state index >= 15 is 0 Å². The van der Waals surface area contributed by atoms with Crippen LogP contribution in [0, 0.1) is 0 Å². The predicted molar refractivity (Wildman–Crippen MR) is 62.4 cm³/mol. The minimum absolute atomic E-state index is 0.233. The monoisotopic (exact) mass is 279 g/mol. The van der Waals surface area contributed by atoms with Crippen LogP contribution in [0.25, 0.3) is 0 Å². The van der Waals surface area contributed by atoms with Crippen molar-refractivity contribution in [1.82, 2.24) is 15.5 Å². The third kappa shape index (κ3) is 2.89. The summed E-state index contributed by atoms with van der Waals surface area (Å²) in [6.45, 7) is 6.87. The summed E-state index contributed by atoms with van der Waals surface area (Å²) in [5.74, 6) is -1.30. The van der Waals surface area contributed by atoms with Crippen LogP contribution in [0.15, 0.2) is 12.2 Å². The number of nitrogens with zero attached hydrogens (tertiary/aromatic N) is 1. The first kappa shape index (κ1) is 15.5. The topological polar surface area (TPSA) is 61.4 Å². The second-order valence-corrected chi connectivity index (χ2v) is 4.47. The summed E-state index contributed by atoms with van der Waals surface area (Å²) >= 11 is 0. The largest absolute Gasteiger partial charge is 0.420 e. The van der Waals surface area contributed by atoms with Gasteiger partial charge in [-0.25, -0.2) is 4.79 Å². The fourth-order valence-electron chi connectivity index (χ4n) is 1.61. The minimum atomic E-state index is -4.84. The number of urea groups is 1. The molecule has 3 amide bonds. The van der Waals surface area contributed by atoms with Gasteiger partial charge in [-0.15, -0.1) is 0 Å². The number of nitrogens with one attached hydrogen (secondary N) is 2. The molecule has 0 bridgehead atoms. The molecule has 0 aromatic heterocycles. The van der Waals surface area contributed by atoms with Gasteiger partial charge in [-0.1, -0.05) is 13.5 Å². The Bertz CT molecular complexity index is 408. The highest BCUT2D eigenvalue weighted by atomic mass is 19.4. The maximum Gasteiger partial charge on any atom is 0.420 e. The van der Waals surface area contributed by atoms with Crippen molar-refractivity contribution < 1.29 is 22.8 Å². The van der Waals surface area contributed by atoms with Crippen LogP contribution in [0.4, 0.5) is 18.0 Å². The molecule has 1 saturated heterocycles. The van der Waals surface area contributed by atoms with E-state index in [1.165, 1.54) is 0 Å². The van der Waals surface area contributed by atoms with E-state index in [1.807, 2.05) is 6.92 Å². The third-order valence-electron chi connectivity index (χ3n) is 2.85. The lowest BCUT2D eigenvalue weighted by Gasteiger charge is -2.24. The van der Waals surface area contributed by atoms with Gasteiger partial charge in [0.25, 0.3) is 5.91 Å². The molecule has 0 aromatic rings. The first-order chi connectivity index (χ1) is 8.63. The van der Waals surface area contributed by atoms with Gasteiger partial charge in [0.15, 0.2) is 0 Å². The molecule has 1 unspecified atom stereocenters. The summed E-state index contributed by atoms with van der Waals surface area (Å²) in [5.41, 5.74) is -2.40. The number of likely N-dealkylation sites (N-methyl/N-ethyl adjacent to an activating group) is 1. The van der Waals surface area contributed by atoms with E-state index in [1.54, 1.807) is 5.32 Å². The average molecular weight is 279 g/mol. The van der Waals surface area contributed by atoms with Gasteiger partial charge in [0.05, 0.1) is 6.54 Å². The Hall–Kier alpha value is -1.57. The molecule has 1 atom stereocenters. The van der Waals surface area contributed by atoms with Gasteiger partial charge in [-0.2, -0.15) is 13.2 Å². The fraction of sp³-hybridized carbons (Fsp3) is 0.636. The summed E-state index contributed by atoms with van der Waals surface area (Å²) in [7, 11) is 0. The molecule has 1 aliphatic rings. The lowest BCUT2D eigenvalue weighted by molar-refractivity contribution is -0.190. The molecule has 108 valence electrons. The van der Waals surface area contributed by atoms with Crippen LogP contribution in [-0.2, 0) is 4.79 Å².